The summed E-state index contributed by atoms with van der Waals surface area (Å²) in [4.78, 5) is 15.2. The lowest BCUT2D eigenvalue weighted by Gasteiger charge is -2.15. The number of halogens is 1. The van der Waals surface area contributed by atoms with Crippen molar-refractivity contribution in [3.63, 3.8) is 0 Å². The van der Waals surface area contributed by atoms with Crippen molar-refractivity contribution in [2.45, 2.75) is 19.8 Å². The Kier molecular flexibility index (Phi) is 3.34. The van der Waals surface area contributed by atoms with Gasteiger partial charge in [-0.3, -0.25) is 0 Å². The minimum absolute atomic E-state index is 0.259. The maximum absolute atomic E-state index is 6.04. The molecule has 98 valence electrons. The second-order valence-electron chi connectivity index (χ2n) is 4.74. The van der Waals surface area contributed by atoms with Crippen LogP contribution in [-0.2, 0) is 0 Å². The smallest absolute Gasteiger partial charge is 0.230 e. The SMILES string of the molecule is Cc1ccccc1-c1nc(Cl)nc(N2CCCC2)n1. The van der Waals surface area contributed by atoms with E-state index in [-0.39, 0.29) is 5.28 Å². The fourth-order valence-electron chi connectivity index (χ4n) is 2.34. The second-order valence-corrected chi connectivity index (χ2v) is 5.08. The van der Waals surface area contributed by atoms with Gasteiger partial charge < -0.3 is 4.90 Å². The lowest BCUT2D eigenvalue weighted by atomic mass is 10.1. The van der Waals surface area contributed by atoms with Gasteiger partial charge in [-0.15, -0.1) is 0 Å². The molecular weight excluding hydrogens is 260 g/mol. The first-order valence-electron chi connectivity index (χ1n) is 6.46. The highest BCUT2D eigenvalue weighted by molar-refractivity contribution is 6.28. The number of hydrogen-bond acceptors (Lipinski definition) is 4. The summed E-state index contributed by atoms with van der Waals surface area (Å²) in [5.41, 5.74) is 2.14. The highest BCUT2D eigenvalue weighted by atomic mass is 35.5. The predicted molar refractivity (Wildman–Crippen MR) is 76.5 cm³/mol. The van der Waals surface area contributed by atoms with Crippen molar-refractivity contribution in [3.8, 4) is 11.4 Å². The zero-order chi connectivity index (χ0) is 13.2. The molecule has 3 rings (SSSR count). The minimum atomic E-state index is 0.259. The first-order chi connectivity index (χ1) is 9.24. The van der Waals surface area contributed by atoms with Crippen molar-refractivity contribution in [1.29, 1.82) is 0 Å². The van der Waals surface area contributed by atoms with Crippen molar-refractivity contribution >= 4 is 17.5 Å². The average Bonchev–Trinajstić information content (AvgIpc) is 2.92. The number of rotatable bonds is 2. The van der Waals surface area contributed by atoms with E-state index in [1.807, 2.05) is 31.2 Å². The highest BCUT2D eigenvalue weighted by Gasteiger charge is 2.17. The van der Waals surface area contributed by atoms with Crippen LogP contribution in [0.2, 0.25) is 5.28 Å². The summed E-state index contributed by atoms with van der Waals surface area (Å²) in [5.74, 6) is 1.34. The molecule has 2 aromatic rings. The van der Waals surface area contributed by atoms with Crippen molar-refractivity contribution in [2.24, 2.45) is 0 Å². The fourth-order valence-corrected chi connectivity index (χ4v) is 2.50. The van der Waals surface area contributed by atoms with Gasteiger partial charge >= 0.3 is 0 Å². The third kappa shape index (κ3) is 2.54. The third-order valence-corrected chi connectivity index (χ3v) is 3.54. The number of nitrogens with zero attached hydrogens (tertiary/aromatic N) is 4. The zero-order valence-electron chi connectivity index (χ0n) is 10.8. The lowest BCUT2D eigenvalue weighted by molar-refractivity contribution is 0.882. The van der Waals surface area contributed by atoms with Crippen molar-refractivity contribution < 1.29 is 0 Å². The van der Waals surface area contributed by atoms with Gasteiger partial charge in [-0.2, -0.15) is 15.0 Å². The Morgan fingerprint density at radius 3 is 2.53 bits per heavy atom. The van der Waals surface area contributed by atoms with Crippen molar-refractivity contribution in [3.05, 3.63) is 35.1 Å². The van der Waals surface area contributed by atoms with E-state index in [4.69, 9.17) is 11.6 Å². The molecule has 0 bridgehead atoms. The summed E-state index contributed by atoms with van der Waals surface area (Å²) in [7, 11) is 0. The zero-order valence-corrected chi connectivity index (χ0v) is 11.6. The number of benzene rings is 1. The Hall–Kier alpha value is -1.68. The van der Waals surface area contributed by atoms with Gasteiger partial charge in [0.1, 0.15) is 0 Å². The van der Waals surface area contributed by atoms with Gasteiger partial charge in [0.05, 0.1) is 0 Å². The topological polar surface area (TPSA) is 41.9 Å². The van der Waals surface area contributed by atoms with E-state index in [1.54, 1.807) is 0 Å². The number of aromatic nitrogens is 3. The number of anilines is 1. The van der Waals surface area contributed by atoms with Crippen LogP contribution in [0, 0.1) is 6.92 Å². The van der Waals surface area contributed by atoms with E-state index in [1.165, 1.54) is 12.8 Å². The molecule has 1 aliphatic heterocycles. The van der Waals surface area contributed by atoms with E-state index in [2.05, 4.69) is 19.9 Å². The molecule has 0 radical (unpaired) electrons. The molecule has 0 aliphatic carbocycles. The average molecular weight is 275 g/mol. The van der Waals surface area contributed by atoms with Gasteiger partial charge in [0, 0.05) is 18.7 Å². The molecule has 0 spiro atoms. The molecular formula is C14H15ClN4. The molecule has 2 heterocycles. The summed E-state index contributed by atoms with van der Waals surface area (Å²) in [6.45, 7) is 4.03. The molecule has 1 saturated heterocycles. The molecule has 0 unspecified atom stereocenters. The Balaban J connectivity index is 2.04. The number of hydrogen-bond donors (Lipinski definition) is 0. The van der Waals surface area contributed by atoms with Crippen LogP contribution in [0.1, 0.15) is 18.4 Å². The molecule has 0 amide bonds. The molecule has 1 aromatic heterocycles. The van der Waals surface area contributed by atoms with Gasteiger partial charge in [-0.1, -0.05) is 24.3 Å². The van der Waals surface area contributed by atoms with Gasteiger partial charge in [0.2, 0.25) is 11.2 Å². The molecule has 0 N–H and O–H groups in total. The van der Waals surface area contributed by atoms with E-state index in [0.717, 1.165) is 24.2 Å². The van der Waals surface area contributed by atoms with Crippen LogP contribution in [-0.4, -0.2) is 28.0 Å². The van der Waals surface area contributed by atoms with Crippen LogP contribution in [0.4, 0.5) is 5.95 Å². The molecule has 5 heteroatoms. The summed E-state index contributed by atoms with van der Waals surface area (Å²) in [6.07, 6.45) is 2.37. The molecule has 1 aliphatic rings. The summed E-state index contributed by atoms with van der Waals surface area (Å²) in [5, 5.41) is 0.259. The molecule has 0 atom stereocenters. The van der Waals surface area contributed by atoms with E-state index in [9.17, 15) is 0 Å². The van der Waals surface area contributed by atoms with Crippen LogP contribution >= 0.6 is 11.6 Å². The Morgan fingerprint density at radius 2 is 1.79 bits per heavy atom. The van der Waals surface area contributed by atoms with Gasteiger partial charge in [-0.05, 0) is 36.9 Å². The quantitative estimate of drug-likeness (QED) is 0.844. The van der Waals surface area contributed by atoms with E-state index in [0.29, 0.717) is 11.8 Å². The van der Waals surface area contributed by atoms with Gasteiger partial charge in [0.25, 0.3) is 0 Å². The lowest BCUT2D eigenvalue weighted by Crippen LogP contribution is -2.21. The second kappa shape index (κ2) is 5.13. The van der Waals surface area contributed by atoms with Crippen LogP contribution in [0.15, 0.2) is 24.3 Å². The van der Waals surface area contributed by atoms with E-state index >= 15 is 0 Å². The summed E-state index contributed by atoms with van der Waals surface area (Å²) < 4.78 is 0. The normalized spacial score (nSPS) is 14.9. The largest absolute Gasteiger partial charge is 0.341 e. The Labute approximate surface area is 117 Å². The molecule has 1 aromatic carbocycles. The van der Waals surface area contributed by atoms with Crippen molar-refractivity contribution in [2.75, 3.05) is 18.0 Å². The van der Waals surface area contributed by atoms with E-state index < -0.39 is 0 Å². The summed E-state index contributed by atoms with van der Waals surface area (Å²) >= 11 is 6.04. The van der Waals surface area contributed by atoms with Crippen molar-refractivity contribution in [1.82, 2.24) is 15.0 Å². The van der Waals surface area contributed by atoms with Crippen LogP contribution < -0.4 is 4.90 Å². The first kappa shape index (κ1) is 12.4. The fraction of sp³-hybridized carbons (Fsp3) is 0.357. The van der Waals surface area contributed by atoms with Gasteiger partial charge in [0.15, 0.2) is 5.82 Å². The number of aryl methyl sites for hydroxylation is 1. The molecule has 4 nitrogen and oxygen atoms in total. The summed E-state index contributed by atoms with van der Waals surface area (Å²) in [6, 6.07) is 8.04. The monoisotopic (exact) mass is 274 g/mol. The first-order valence-corrected chi connectivity index (χ1v) is 6.84. The maximum Gasteiger partial charge on any atom is 0.230 e. The Bertz CT molecular complexity index is 594. The molecule has 19 heavy (non-hydrogen) atoms. The predicted octanol–water partition coefficient (Wildman–Crippen LogP) is 3.10. The van der Waals surface area contributed by atoms with Crippen LogP contribution in [0.5, 0.6) is 0 Å². The molecule has 0 saturated carbocycles. The standard InChI is InChI=1S/C14H15ClN4/c1-10-6-2-3-7-11(10)12-16-13(15)18-14(17-12)19-8-4-5-9-19/h2-3,6-7H,4-5,8-9H2,1H3. The van der Waals surface area contributed by atoms with Gasteiger partial charge in [-0.25, -0.2) is 0 Å². The Morgan fingerprint density at radius 1 is 1.05 bits per heavy atom. The van der Waals surface area contributed by atoms with Crippen LogP contribution in [0.3, 0.4) is 0 Å². The third-order valence-electron chi connectivity index (χ3n) is 3.37. The molecule has 1 fully saturated rings. The highest BCUT2D eigenvalue weighted by Crippen LogP contribution is 2.24. The van der Waals surface area contributed by atoms with Crippen LogP contribution in [0.25, 0.3) is 11.4 Å². The maximum atomic E-state index is 6.04. The minimum Gasteiger partial charge on any atom is -0.341 e.